The number of benzene rings is 1. The summed E-state index contributed by atoms with van der Waals surface area (Å²) in [6.45, 7) is 0.622. The number of methoxy groups -OCH3 is 1. The van der Waals surface area contributed by atoms with Crippen LogP contribution in [0.2, 0.25) is 0 Å². The molecule has 0 spiro atoms. The molecule has 0 saturated carbocycles. The van der Waals surface area contributed by atoms with E-state index in [9.17, 15) is 4.79 Å². The van der Waals surface area contributed by atoms with Crippen LogP contribution < -0.4 is 11.1 Å². The van der Waals surface area contributed by atoms with Crippen LogP contribution in [-0.2, 0) is 11.3 Å². The Hall–Kier alpha value is -2.38. The Morgan fingerprint density at radius 1 is 1.45 bits per heavy atom. The number of rotatable bonds is 7. The average Bonchev–Trinajstić information content (AvgIpc) is 2.92. The van der Waals surface area contributed by atoms with Crippen molar-refractivity contribution >= 4 is 11.7 Å². The molecule has 1 heterocycles. The molecule has 0 bridgehead atoms. The van der Waals surface area contributed by atoms with E-state index in [-0.39, 0.29) is 18.3 Å². The van der Waals surface area contributed by atoms with Crippen LogP contribution in [0, 0.1) is 0 Å². The smallest absolute Gasteiger partial charge is 0.253 e. The minimum Gasteiger partial charge on any atom is -0.396 e. The number of nitrogens with two attached hydrogens (primary N) is 1. The van der Waals surface area contributed by atoms with Gasteiger partial charge in [0.1, 0.15) is 0 Å². The molecule has 0 fully saturated rings. The number of ether oxygens (including phenoxy) is 1. The summed E-state index contributed by atoms with van der Waals surface area (Å²) in [7, 11) is 1.49. The van der Waals surface area contributed by atoms with Gasteiger partial charge in [0.2, 0.25) is 0 Å². The van der Waals surface area contributed by atoms with E-state index in [1.807, 2.05) is 6.07 Å². The first kappa shape index (κ1) is 16.0. The zero-order chi connectivity index (χ0) is 15.9. The fraction of sp³-hybridized carbons (Fsp3) is 0.333. The topological polar surface area (TPSA) is 102 Å². The van der Waals surface area contributed by atoms with Crippen LogP contribution in [0.5, 0.6) is 0 Å². The van der Waals surface area contributed by atoms with E-state index in [4.69, 9.17) is 15.6 Å². The van der Waals surface area contributed by atoms with Crippen molar-refractivity contribution in [3.8, 4) is 0 Å². The highest BCUT2D eigenvalue weighted by molar-refractivity contribution is 5.94. The number of anilines is 1. The summed E-state index contributed by atoms with van der Waals surface area (Å²) < 4.78 is 6.94. The van der Waals surface area contributed by atoms with Gasteiger partial charge in [-0.15, -0.1) is 0 Å². The molecule has 4 N–H and O–H groups in total. The highest BCUT2D eigenvalue weighted by Gasteiger charge is 2.20. The Morgan fingerprint density at radius 3 is 2.82 bits per heavy atom. The number of hydrogen-bond donors (Lipinski definition) is 3. The number of nitrogen functional groups attached to an aromatic ring is 1. The maximum atomic E-state index is 12.2. The largest absolute Gasteiger partial charge is 0.396 e. The highest BCUT2D eigenvalue weighted by Crippen LogP contribution is 2.20. The monoisotopic (exact) mass is 304 g/mol. The van der Waals surface area contributed by atoms with Crippen LogP contribution in [0.3, 0.4) is 0 Å². The van der Waals surface area contributed by atoms with Crippen LogP contribution in [0.1, 0.15) is 28.6 Å². The fourth-order valence-electron chi connectivity index (χ4n) is 2.06. The maximum absolute atomic E-state index is 12.2. The van der Waals surface area contributed by atoms with E-state index in [1.165, 1.54) is 7.11 Å². The van der Waals surface area contributed by atoms with Gasteiger partial charge in [-0.3, -0.25) is 9.48 Å². The molecule has 1 aromatic heterocycles. The fourth-order valence-corrected chi connectivity index (χ4v) is 2.06. The molecule has 7 heteroatoms. The lowest BCUT2D eigenvalue weighted by molar-refractivity contribution is 0.0578. The number of hydrogen-bond acceptors (Lipinski definition) is 5. The van der Waals surface area contributed by atoms with Crippen molar-refractivity contribution in [1.29, 1.82) is 0 Å². The van der Waals surface area contributed by atoms with Crippen LogP contribution in [-0.4, -0.2) is 34.5 Å². The third kappa shape index (κ3) is 3.84. The Morgan fingerprint density at radius 2 is 2.18 bits per heavy atom. The van der Waals surface area contributed by atoms with Gasteiger partial charge < -0.3 is 20.9 Å². The quantitative estimate of drug-likeness (QED) is 0.660. The number of carbonyl (C=O) groups is 1. The first-order chi connectivity index (χ1) is 10.7. The number of aliphatic hydroxyl groups is 1. The Balaban J connectivity index is 2.11. The van der Waals surface area contributed by atoms with Crippen LogP contribution in [0.25, 0.3) is 0 Å². The van der Waals surface area contributed by atoms with Crippen molar-refractivity contribution in [3.63, 3.8) is 0 Å². The van der Waals surface area contributed by atoms with Crippen molar-refractivity contribution in [2.24, 2.45) is 0 Å². The number of nitrogens with zero attached hydrogens (tertiary/aromatic N) is 2. The summed E-state index contributed by atoms with van der Waals surface area (Å²) in [4.78, 5) is 12.2. The van der Waals surface area contributed by atoms with Crippen molar-refractivity contribution in [2.75, 3.05) is 19.5 Å². The Bertz CT molecular complexity index is 613. The van der Waals surface area contributed by atoms with Gasteiger partial charge in [0.15, 0.2) is 12.0 Å². The molecule has 7 nitrogen and oxygen atoms in total. The van der Waals surface area contributed by atoms with E-state index < -0.39 is 6.23 Å². The minimum atomic E-state index is -0.685. The molecule has 1 amide bonds. The van der Waals surface area contributed by atoms with Crippen molar-refractivity contribution < 1.29 is 14.6 Å². The number of carbonyl (C=O) groups excluding carboxylic acids is 1. The Labute approximate surface area is 128 Å². The second-order valence-corrected chi connectivity index (χ2v) is 4.77. The van der Waals surface area contributed by atoms with Crippen molar-refractivity contribution in [2.45, 2.75) is 19.2 Å². The lowest BCUT2D eigenvalue weighted by Gasteiger charge is -2.16. The number of nitrogens with one attached hydrogen (secondary N) is 1. The van der Waals surface area contributed by atoms with Gasteiger partial charge >= 0.3 is 0 Å². The van der Waals surface area contributed by atoms with E-state index in [1.54, 1.807) is 35.1 Å². The van der Waals surface area contributed by atoms with Gasteiger partial charge in [0.05, 0.1) is 5.56 Å². The second kappa shape index (κ2) is 7.58. The molecule has 118 valence electrons. The third-order valence-electron chi connectivity index (χ3n) is 3.18. The summed E-state index contributed by atoms with van der Waals surface area (Å²) in [6, 6.07) is 8.86. The standard InChI is InChI=1S/C15H20N4O3/c1-22-15(17-14(21)11-6-3-2-4-7-11)12-10-19(8-5-9-20)18-13(12)16/h2-4,6-7,10,15,20H,5,8-9H2,1H3,(H2,16,18)(H,17,21). The van der Waals surface area contributed by atoms with Gasteiger partial charge in [-0.2, -0.15) is 5.10 Å². The summed E-state index contributed by atoms with van der Waals surface area (Å²) >= 11 is 0. The molecule has 0 aliphatic rings. The first-order valence-electron chi connectivity index (χ1n) is 6.98. The molecular formula is C15H20N4O3. The predicted molar refractivity (Wildman–Crippen MR) is 82.0 cm³/mol. The third-order valence-corrected chi connectivity index (χ3v) is 3.18. The molecular weight excluding hydrogens is 284 g/mol. The van der Waals surface area contributed by atoms with E-state index >= 15 is 0 Å². The molecule has 0 aliphatic carbocycles. The predicted octanol–water partition coefficient (Wildman–Crippen LogP) is 0.923. The second-order valence-electron chi connectivity index (χ2n) is 4.77. The number of amides is 1. The van der Waals surface area contributed by atoms with Gasteiger partial charge in [-0.1, -0.05) is 18.2 Å². The van der Waals surface area contributed by atoms with Crippen LogP contribution >= 0.6 is 0 Å². The molecule has 1 unspecified atom stereocenters. The molecule has 2 aromatic rings. The molecule has 1 atom stereocenters. The van der Waals surface area contributed by atoms with Crippen molar-refractivity contribution in [3.05, 3.63) is 47.7 Å². The van der Waals surface area contributed by atoms with Crippen LogP contribution in [0.4, 0.5) is 5.82 Å². The zero-order valence-corrected chi connectivity index (χ0v) is 12.4. The summed E-state index contributed by atoms with van der Waals surface area (Å²) in [5.41, 5.74) is 7.00. The normalized spacial score (nSPS) is 12.1. The first-order valence-corrected chi connectivity index (χ1v) is 6.98. The van der Waals surface area contributed by atoms with Gasteiger partial charge in [0.25, 0.3) is 5.91 Å². The van der Waals surface area contributed by atoms with E-state index in [0.717, 1.165) is 0 Å². The number of aryl methyl sites for hydroxylation is 1. The lowest BCUT2D eigenvalue weighted by atomic mass is 10.2. The van der Waals surface area contributed by atoms with Crippen LogP contribution in [0.15, 0.2) is 36.5 Å². The summed E-state index contributed by atoms with van der Waals surface area (Å²) in [5.74, 6) is 0.0353. The lowest BCUT2D eigenvalue weighted by Crippen LogP contribution is -2.29. The SMILES string of the molecule is COC(NC(=O)c1ccccc1)c1cn(CCCO)nc1N. The average molecular weight is 304 g/mol. The molecule has 0 radical (unpaired) electrons. The zero-order valence-electron chi connectivity index (χ0n) is 12.4. The molecule has 1 aromatic carbocycles. The minimum absolute atomic E-state index is 0.0769. The van der Waals surface area contributed by atoms with Gasteiger partial charge in [-0.25, -0.2) is 0 Å². The van der Waals surface area contributed by atoms with E-state index in [0.29, 0.717) is 24.1 Å². The molecule has 2 rings (SSSR count). The van der Waals surface area contributed by atoms with E-state index in [2.05, 4.69) is 10.4 Å². The molecule has 22 heavy (non-hydrogen) atoms. The van der Waals surface area contributed by atoms with Gasteiger partial charge in [0, 0.05) is 32.0 Å². The van der Waals surface area contributed by atoms with Crippen molar-refractivity contribution in [1.82, 2.24) is 15.1 Å². The van der Waals surface area contributed by atoms with Gasteiger partial charge in [-0.05, 0) is 18.6 Å². The Kier molecular flexibility index (Phi) is 5.51. The highest BCUT2D eigenvalue weighted by atomic mass is 16.5. The summed E-state index contributed by atoms with van der Waals surface area (Å²) in [6.07, 6.45) is 1.61. The number of aliphatic hydroxyl groups excluding tert-OH is 1. The number of aromatic nitrogens is 2. The molecule has 0 saturated heterocycles. The maximum Gasteiger partial charge on any atom is 0.253 e. The molecule has 0 aliphatic heterocycles. The summed E-state index contributed by atoms with van der Waals surface area (Å²) in [5, 5.41) is 15.8.